The van der Waals surface area contributed by atoms with Gasteiger partial charge in [0.1, 0.15) is 10.5 Å². The van der Waals surface area contributed by atoms with Crippen molar-refractivity contribution >= 4 is 35.0 Å². The van der Waals surface area contributed by atoms with Crippen molar-refractivity contribution in [1.82, 2.24) is 4.98 Å². The molecule has 0 spiro atoms. The Morgan fingerprint density at radius 1 is 1.44 bits per heavy atom. The summed E-state index contributed by atoms with van der Waals surface area (Å²) in [6, 6.07) is 0. The second-order valence-electron chi connectivity index (χ2n) is 4.57. The first-order chi connectivity index (χ1) is 8.19. The van der Waals surface area contributed by atoms with Crippen LogP contribution in [0, 0.1) is 6.92 Å². The van der Waals surface area contributed by atoms with Crippen LogP contribution in [0.1, 0.15) is 36.1 Å². The first kappa shape index (κ1) is 15.0. The lowest BCUT2D eigenvalue weighted by Gasteiger charge is -2.18. The molecular weight excluding hydrogens is 274 g/mol. The minimum absolute atomic E-state index is 0.128. The van der Waals surface area contributed by atoms with Crippen molar-refractivity contribution in [1.29, 1.82) is 0 Å². The van der Waals surface area contributed by atoms with E-state index in [4.69, 9.17) is 9.84 Å². The fourth-order valence-electron chi connectivity index (χ4n) is 1.12. The van der Waals surface area contributed by atoms with Gasteiger partial charge in [0.15, 0.2) is 4.34 Å². The van der Waals surface area contributed by atoms with E-state index in [9.17, 15) is 9.59 Å². The van der Waals surface area contributed by atoms with Gasteiger partial charge in [0.2, 0.25) is 0 Å². The number of carbonyl (C=O) groups is 2. The number of thioether (sulfide) groups is 1. The predicted molar refractivity (Wildman–Crippen MR) is 70.4 cm³/mol. The molecule has 0 atom stereocenters. The van der Waals surface area contributed by atoms with Crippen LogP contribution in [0.15, 0.2) is 4.34 Å². The number of rotatable bonds is 4. The van der Waals surface area contributed by atoms with Crippen molar-refractivity contribution < 1.29 is 19.4 Å². The summed E-state index contributed by atoms with van der Waals surface area (Å²) < 4.78 is 5.71. The number of hydrogen-bond acceptors (Lipinski definition) is 6. The smallest absolute Gasteiger partial charge is 0.347 e. The van der Waals surface area contributed by atoms with Crippen molar-refractivity contribution in [2.24, 2.45) is 0 Å². The highest BCUT2D eigenvalue weighted by Crippen LogP contribution is 2.27. The van der Waals surface area contributed by atoms with Crippen molar-refractivity contribution in [3.63, 3.8) is 0 Å². The van der Waals surface area contributed by atoms with Crippen LogP contribution in [-0.2, 0) is 9.53 Å². The van der Waals surface area contributed by atoms with E-state index in [-0.39, 0.29) is 16.6 Å². The molecule has 1 heterocycles. The number of aryl methyl sites for hydroxylation is 1. The maximum absolute atomic E-state index is 11.5. The van der Waals surface area contributed by atoms with E-state index >= 15 is 0 Å². The van der Waals surface area contributed by atoms with Crippen LogP contribution in [-0.4, -0.2) is 33.4 Å². The van der Waals surface area contributed by atoms with Gasteiger partial charge in [-0.1, -0.05) is 11.8 Å². The van der Waals surface area contributed by atoms with E-state index in [1.807, 2.05) is 0 Å². The van der Waals surface area contributed by atoms with Crippen molar-refractivity contribution in [2.75, 3.05) is 5.75 Å². The van der Waals surface area contributed by atoms with Gasteiger partial charge in [-0.05, 0) is 27.7 Å². The van der Waals surface area contributed by atoms with Crippen LogP contribution >= 0.6 is 23.1 Å². The van der Waals surface area contributed by atoms with Crippen LogP contribution in [0.5, 0.6) is 0 Å². The summed E-state index contributed by atoms with van der Waals surface area (Å²) in [5.74, 6) is -1.20. The molecule has 0 aliphatic heterocycles. The van der Waals surface area contributed by atoms with Crippen molar-refractivity contribution in [2.45, 2.75) is 37.6 Å². The monoisotopic (exact) mass is 289 g/mol. The number of esters is 1. The molecule has 7 heteroatoms. The minimum atomic E-state index is -0.992. The highest BCUT2D eigenvalue weighted by atomic mass is 32.2. The molecule has 1 N–H and O–H groups in total. The molecule has 0 bridgehead atoms. The second kappa shape index (κ2) is 5.71. The summed E-state index contributed by atoms with van der Waals surface area (Å²) in [4.78, 5) is 26.6. The maximum Gasteiger partial charge on any atom is 0.347 e. The topological polar surface area (TPSA) is 76.5 Å². The van der Waals surface area contributed by atoms with E-state index in [1.165, 1.54) is 11.8 Å². The number of carboxylic acid groups (broad SMARTS) is 1. The third kappa shape index (κ3) is 4.66. The van der Waals surface area contributed by atoms with Crippen LogP contribution in [0.4, 0.5) is 0 Å². The highest BCUT2D eigenvalue weighted by molar-refractivity contribution is 8.01. The lowest BCUT2D eigenvalue weighted by atomic mass is 10.2. The number of aromatic nitrogens is 1. The van der Waals surface area contributed by atoms with Crippen LogP contribution < -0.4 is 0 Å². The molecule has 5 nitrogen and oxygen atoms in total. The van der Waals surface area contributed by atoms with Gasteiger partial charge < -0.3 is 9.84 Å². The van der Waals surface area contributed by atoms with E-state index in [1.54, 1.807) is 27.7 Å². The molecule has 0 saturated carbocycles. The van der Waals surface area contributed by atoms with Gasteiger partial charge in [0.25, 0.3) is 0 Å². The molecule has 0 aliphatic carbocycles. The van der Waals surface area contributed by atoms with Gasteiger partial charge in [-0.15, -0.1) is 11.3 Å². The molecule has 0 radical (unpaired) electrons. The quantitative estimate of drug-likeness (QED) is 0.678. The number of aromatic carboxylic acids is 1. The largest absolute Gasteiger partial charge is 0.477 e. The Kier molecular flexibility index (Phi) is 4.75. The average Bonchev–Trinajstić information content (AvgIpc) is 2.54. The summed E-state index contributed by atoms with van der Waals surface area (Å²) in [5.41, 5.74) is -0.0398. The Morgan fingerprint density at radius 3 is 2.50 bits per heavy atom. The maximum atomic E-state index is 11.5. The number of ether oxygens (including phenoxy) is 1. The molecule has 0 amide bonds. The highest BCUT2D eigenvalue weighted by Gasteiger charge is 2.18. The second-order valence-corrected chi connectivity index (χ2v) is 6.80. The molecule has 0 saturated heterocycles. The predicted octanol–water partition coefficient (Wildman–Crippen LogP) is 2.58. The molecule has 1 rings (SSSR count). The van der Waals surface area contributed by atoms with Gasteiger partial charge in [-0.25, -0.2) is 9.78 Å². The summed E-state index contributed by atoms with van der Waals surface area (Å²) in [7, 11) is 0. The van der Waals surface area contributed by atoms with Gasteiger partial charge in [0.05, 0.1) is 11.4 Å². The summed E-state index contributed by atoms with van der Waals surface area (Å²) >= 11 is 2.26. The van der Waals surface area contributed by atoms with Gasteiger partial charge in [0, 0.05) is 0 Å². The van der Waals surface area contributed by atoms with Gasteiger partial charge in [-0.2, -0.15) is 0 Å². The molecule has 1 aromatic rings. The molecule has 18 heavy (non-hydrogen) atoms. The normalized spacial score (nSPS) is 11.3. The molecule has 0 fully saturated rings. The number of thiazole rings is 1. The van der Waals surface area contributed by atoms with E-state index in [0.29, 0.717) is 10.0 Å². The summed E-state index contributed by atoms with van der Waals surface area (Å²) in [5, 5.41) is 8.88. The molecule has 0 aliphatic rings. The number of nitrogens with zero attached hydrogens (tertiary/aromatic N) is 1. The zero-order valence-electron chi connectivity index (χ0n) is 10.6. The van der Waals surface area contributed by atoms with Crippen molar-refractivity contribution in [3.05, 3.63) is 10.6 Å². The van der Waals surface area contributed by atoms with Gasteiger partial charge in [-0.3, -0.25) is 4.79 Å². The fourth-order valence-corrected chi connectivity index (χ4v) is 2.93. The Hall–Kier alpha value is -1.08. The fraction of sp³-hybridized carbons (Fsp3) is 0.545. The first-order valence-corrected chi connectivity index (χ1v) is 7.04. The third-order valence-corrected chi connectivity index (χ3v) is 3.97. The molecule has 0 aromatic carbocycles. The Bertz CT molecular complexity index is 462. The van der Waals surface area contributed by atoms with Crippen LogP contribution in [0.25, 0.3) is 0 Å². The number of carbonyl (C=O) groups excluding carboxylic acids is 1. The first-order valence-electron chi connectivity index (χ1n) is 5.24. The molecular formula is C11H15NO4S2. The molecule has 0 unspecified atom stereocenters. The lowest BCUT2D eigenvalue weighted by Crippen LogP contribution is -2.24. The zero-order valence-corrected chi connectivity index (χ0v) is 12.3. The number of carboxylic acids is 1. The van der Waals surface area contributed by atoms with Crippen LogP contribution in [0.2, 0.25) is 0 Å². The minimum Gasteiger partial charge on any atom is -0.477 e. The molecule has 1 aromatic heterocycles. The van der Waals surface area contributed by atoms with E-state index < -0.39 is 11.6 Å². The lowest BCUT2D eigenvalue weighted by molar-refractivity contribution is -0.151. The van der Waals surface area contributed by atoms with Gasteiger partial charge >= 0.3 is 11.9 Å². The van der Waals surface area contributed by atoms with E-state index in [0.717, 1.165) is 11.3 Å². The number of hydrogen-bond donors (Lipinski definition) is 1. The van der Waals surface area contributed by atoms with Crippen molar-refractivity contribution in [3.8, 4) is 0 Å². The summed E-state index contributed by atoms with van der Waals surface area (Å²) in [6.07, 6.45) is 0. The SMILES string of the molecule is Cc1nc(SCC(=O)OC(C)(C)C)sc1C(=O)O. The summed E-state index contributed by atoms with van der Waals surface area (Å²) in [6.45, 7) is 7.03. The Morgan fingerprint density at radius 2 is 2.06 bits per heavy atom. The van der Waals surface area contributed by atoms with Crippen LogP contribution in [0.3, 0.4) is 0 Å². The Labute approximate surface area is 114 Å². The Balaban J connectivity index is 2.57. The zero-order chi connectivity index (χ0) is 13.9. The standard InChI is InChI=1S/C11H15NO4S2/c1-6-8(9(14)15)18-10(12-6)17-5-7(13)16-11(2,3)4/h5H2,1-4H3,(H,14,15). The third-order valence-electron chi connectivity index (χ3n) is 1.70. The average molecular weight is 289 g/mol. The van der Waals surface area contributed by atoms with E-state index in [2.05, 4.69) is 4.98 Å². The molecule has 100 valence electrons.